The minimum absolute atomic E-state index is 0.219. The molecule has 4 aromatic carbocycles. The number of nitrogens with zero attached hydrogens (tertiary/aromatic N) is 1. The molecule has 1 aliphatic heterocycles. The summed E-state index contributed by atoms with van der Waals surface area (Å²) in [7, 11) is 0. The predicted octanol–water partition coefficient (Wildman–Crippen LogP) is 7.51. The highest BCUT2D eigenvalue weighted by Gasteiger charge is 2.36. The fourth-order valence-corrected chi connectivity index (χ4v) is 5.17. The van der Waals surface area contributed by atoms with Crippen LogP contribution in [0.5, 0.6) is 5.75 Å². The number of benzene rings is 4. The Morgan fingerprint density at radius 1 is 0.974 bits per heavy atom. The lowest BCUT2D eigenvalue weighted by molar-refractivity contribution is -0.127. The Morgan fingerprint density at radius 2 is 1.74 bits per heavy atom. The van der Waals surface area contributed by atoms with Gasteiger partial charge in [0.2, 0.25) is 5.91 Å². The maximum absolute atomic E-state index is 13.0. The maximum atomic E-state index is 13.0. The van der Waals surface area contributed by atoms with Gasteiger partial charge in [0.25, 0.3) is 11.1 Å². The van der Waals surface area contributed by atoms with Crippen LogP contribution in [0.2, 0.25) is 5.02 Å². The maximum Gasteiger partial charge on any atom is 0.294 e. The zero-order valence-corrected chi connectivity index (χ0v) is 23.0. The molecule has 5 rings (SSSR count). The number of carbonyl (C=O) groups excluding carboxylic acids is 3. The third kappa shape index (κ3) is 5.93. The number of halogens is 2. The van der Waals surface area contributed by atoms with Crippen LogP contribution >= 0.6 is 39.3 Å². The number of para-hydroxylation sites is 1. The molecule has 0 aromatic heterocycles. The third-order valence-corrected chi connectivity index (χ3v) is 7.93. The van der Waals surface area contributed by atoms with E-state index in [9.17, 15) is 14.4 Å². The van der Waals surface area contributed by atoms with Crippen molar-refractivity contribution < 1.29 is 19.1 Å². The second kappa shape index (κ2) is 11.4. The lowest BCUT2D eigenvalue weighted by Gasteiger charge is -2.13. The van der Waals surface area contributed by atoms with E-state index in [1.165, 1.54) is 0 Å². The zero-order valence-electron chi connectivity index (χ0n) is 19.8. The number of thioether (sulfide) groups is 1. The molecule has 0 radical (unpaired) electrons. The summed E-state index contributed by atoms with van der Waals surface area (Å²) in [5.74, 6) is -0.461. The van der Waals surface area contributed by atoms with Crippen LogP contribution in [0.1, 0.15) is 11.1 Å². The Labute approximate surface area is 236 Å². The molecule has 38 heavy (non-hydrogen) atoms. The number of carbonyl (C=O) groups is 3. The molecular formula is C29H20BrClN2O4S. The molecule has 3 amide bonds. The fraction of sp³-hybridized carbons (Fsp3) is 0.0690. The average molecular weight is 608 g/mol. The molecule has 1 fully saturated rings. The fourth-order valence-electron chi connectivity index (χ4n) is 3.92. The summed E-state index contributed by atoms with van der Waals surface area (Å²) in [4.78, 5) is 39.2. The van der Waals surface area contributed by atoms with E-state index >= 15 is 0 Å². The summed E-state index contributed by atoms with van der Waals surface area (Å²) in [5, 5.41) is 4.85. The normalized spacial score (nSPS) is 14.4. The summed E-state index contributed by atoms with van der Waals surface area (Å²) >= 11 is 10.1. The monoisotopic (exact) mass is 606 g/mol. The predicted molar refractivity (Wildman–Crippen MR) is 155 cm³/mol. The van der Waals surface area contributed by atoms with Gasteiger partial charge in [0, 0.05) is 15.7 Å². The molecular weight excluding hydrogens is 588 g/mol. The summed E-state index contributed by atoms with van der Waals surface area (Å²) in [6.45, 7) is -0.0623. The van der Waals surface area contributed by atoms with Crippen molar-refractivity contribution in [3.05, 3.63) is 110 Å². The molecule has 6 nitrogen and oxygen atoms in total. The lowest BCUT2D eigenvalue weighted by Crippen LogP contribution is -2.36. The van der Waals surface area contributed by atoms with Crippen molar-refractivity contribution in [1.82, 2.24) is 4.90 Å². The van der Waals surface area contributed by atoms with E-state index in [2.05, 4.69) is 45.5 Å². The van der Waals surface area contributed by atoms with Crippen molar-refractivity contribution in [2.45, 2.75) is 6.61 Å². The van der Waals surface area contributed by atoms with Crippen LogP contribution in [-0.4, -0.2) is 28.5 Å². The molecule has 190 valence electrons. The third-order valence-electron chi connectivity index (χ3n) is 5.79. The first kappa shape index (κ1) is 26.0. The first-order valence-electron chi connectivity index (χ1n) is 11.6. The van der Waals surface area contributed by atoms with Crippen molar-refractivity contribution in [3.8, 4) is 5.75 Å². The van der Waals surface area contributed by atoms with Gasteiger partial charge in [-0.2, -0.15) is 0 Å². The molecule has 1 heterocycles. The standard InChI is InChI=1S/C29H20BrClN2O4S/c30-23-12-11-22(15-24(23)31)32-27(34)16-33-28(35)26(38-29(33)36)14-21-7-3-4-8-25(21)37-17-18-9-10-19-5-1-2-6-20(19)13-18/h1-15H,16-17H2,(H,32,34)/b26-14-. The molecule has 0 saturated carbocycles. The largest absolute Gasteiger partial charge is 0.488 e. The van der Waals surface area contributed by atoms with E-state index in [1.807, 2.05) is 42.5 Å². The van der Waals surface area contributed by atoms with Crippen LogP contribution in [0.3, 0.4) is 0 Å². The first-order chi connectivity index (χ1) is 18.4. The van der Waals surface area contributed by atoms with Crippen LogP contribution in [0, 0.1) is 0 Å². The van der Waals surface area contributed by atoms with Gasteiger partial charge in [-0.1, -0.05) is 66.2 Å². The van der Waals surface area contributed by atoms with Crippen molar-refractivity contribution in [3.63, 3.8) is 0 Å². The van der Waals surface area contributed by atoms with Gasteiger partial charge in [-0.15, -0.1) is 0 Å². The molecule has 9 heteroatoms. The smallest absolute Gasteiger partial charge is 0.294 e. The Hall–Kier alpha value is -3.59. The van der Waals surface area contributed by atoms with Crippen molar-refractivity contribution in [2.24, 2.45) is 0 Å². The van der Waals surface area contributed by atoms with Gasteiger partial charge in [0.15, 0.2) is 0 Å². The van der Waals surface area contributed by atoms with E-state index in [4.69, 9.17) is 16.3 Å². The van der Waals surface area contributed by atoms with Crippen molar-refractivity contribution in [1.29, 1.82) is 0 Å². The van der Waals surface area contributed by atoms with Crippen LogP contribution in [0.4, 0.5) is 10.5 Å². The highest BCUT2D eigenvalue weighted by Crippen LogP contribution is 2.34. The van der Waals surface area contributed by atoms with E-state index in [0.29, 0.717) is 33.1 Å². The van der Waals surface area contributed by atoms with Gasteiger partial charge in [-0.05, 0) is 80.4 Å². The number of amides is 3. The van der Waals surface area contributed by atoms with E-state index in [1.54, 1.807) is 24.3 Å². The molecule has 0 spiro atoms. The van der Waals surface area contributed by atoms with Crippen LogP contribution in [0.15, 0.2) is 94.3 Å². The Bertz CT molecular complexity index is 1610. The minimum atomic E-state index is -0.534. The van der Waals surface area contributed by atoms with Gasteiger partial charge >= 0.3 is 0 Å². The minimum Gasteiger partial charge on any atom is -0.488 e. The van der Waals surface area contributed by atoms with Crippen molar-refractivity contribution in [2.75, 3.05) is 11.9 Å². The highest BCUT2D eigenvalue weighted by atomic mass is 79.9. The first-order valence-corrected chi connectivity index (χ1v) is 13.6. The Kier molecular flexibility index (Phi) is 7.83. The number of anilines is 1. The lowest BCUT2D eigenvalue weighted by atomic mass is 10.1. The average Bonchev–Trinajstić information content (AvgIpc) is 3.17. The van der Waals surface area contributed by atoms with Crippen molar-refractivity contribution >= 4 is 78.9 Å². The van der Waals surface area contributed by atoms with Crippen LogP contribution < -0.4 is 10.1 Å². The number of nitrogens with one attached hydrogen (secondary N) is 1. The molecule has 1 saturated heterocycles. The summed E-state index contributed by atoms with van der Waals surface area (Å²) in [5.41, 5.74) is 2.13. The second-order valence-corrected chi connectivity index (χ2v) is 10.7. The molecule has 1 aliphatic rings. The zero-order chi connectivity index (χ0) is 26.6. The number of hydrogen-bond acceptors (Lipinski definition) is 5. The summed E-state index contributed by atoms with van der Waals surface area (Å²) in [6.07, 6.45) is 1.62. The van der Waals surface area contributed by atoms with Gasteiger partial charge < -0.3 is 10.1 Å². The molecule has 0 aliphatic carbocycles. The molecule has 0 bridgehead atoms. The van der Waals surface area contributed by atoms with Gasteiger partial charge in [0.1, 0.15) is 18.9 Å². The number of imide groups is 1. The Morgan fingerprint density at radius 3 is 2.55 bits per heavy atom. The quantitative estimate of drug-likeness (QED) is 0.220. The molecule has 0 unspecified atom stereocenters. The number of fused-ring (bicyclic) bond motifs is 1. The van der Waals surface area contributed by atoms with E-state index < -0.39 is 23.6 Å². The molecule has 4 aromatic rings. The number of rotatable bonds is 7. The summed E-state index contributed by atoms with van der Waals surface area (Å²) < 4.78 is 6.77. The van der Waals surface area contributed by atoms with E-state index in [0.717, 1.165) is 33.0 Å². The number of hydrogen-bond donors (Lipinski definition) is 1. The molecule has 0 atom stereocenters. The topological polar surface area (TPSA) is 75.7 Å². The molecule has 1 N–H and O–H groups in total. The van der Waals surface area contributed by atoms with Gasteiger partial charge in [-0.25, -0.2) is 0 Å². The van der Waals surface area contributed by atoms with Gasteiger partial charge in [0.05, 0.1) is 9.93 Å². The summed E-state index contributed by atoms with van der Waals surface area (Å²) in [6, 6.07) is 26.5. The van der Waals surface area contributed by atoms with E-state index in [-0.39, 0.29) is 4.91 Å². The SMILES string of the molecule is O=C(CN1C(=O)S/C(=C\c2ccccc2OCc2ccc3ccccc3c2)C1=O)Nc1ccc(Br)c(Cl)c1. The van der Waals surface area contributed by atoms with Gasteiger partial charge in [-0.3, -0.25) is 19.3 Å². The van der Waals surface area contributed by atoms with Crippen LogP contribution in [-0.2, 0) is 16.2 Å². The number of ether oxygens (including phenoxy) is 1. The van der Waals surface area contributed by atoms with Crippen LogP contribution in [0.25, 0.3) is 16.8 Å². The Balaban J connectivity index is 1.27. The highest BCUT2D eigenvalue weighted by molar-refractivity contribution is 9.10. The second-order valence-electron chi connectivity index (χ2n) is 8.45.